The molecule has 2 heterocycles. The summed E-state index contributed by atoms with van der Waals surface area (Å²) in [7, 11) is 0. The van der Waals surface area contributed by atoms with Gasteiger partial charge >= 0.3 is 0 Å². The Morgan fingerprint density at radius 1 is 1.40 bits per heavy atom. The minimum absolute atomic E-state index is 0.180. The molecule has 0 fully saturated rings. The Labute approximate surface area is 150 Å². The molecule has 1 aromatic heterocycles. The average Bonchev–Trinajstić information content (AvgIpc) is 3.12. The number of amides is 1. The molecule has 7 heteroatoms. The summed E-state index contributed by atoms with van der Waals surface area (Å²) >= 11 is 1.45. The van der Waals surface area contributed by atoms with Crippen molar-refractivity contribution in [2.75, 3.05) is 18.7 Å². The smallest absolute Gasteiger partial charge is 0.231 e. The van der Waals surface area contributed by atoms with Crippen LogP contribution in [0.25, 0.3) is 0 Å². The summed E-state index contributed by atoms with van der Waals surface area (Å²) in [5.41, 5.74) is 2.62. The molecule has 134 valence electrons. The number of carbonyl (C=O) groups is 1. The van der Waals surface area contributed by atoms with Crippen molar-refractivity contribution < 1.29 is 24.1 Å². The Balaban J connectivity index is 1.91. The predicted octanol–water partition coefficient (Wildman–Crippen LogP) is 3.36. The van der Waals surface area contributed by atoms with Crippen molar-refractivity contribution in [1.29, 1.82) is 0 Å². The van der Waals surface area contributed by atoms with Gasteiger partial charge in [0.2, 0.25) is 12.7 Å². The molecule has 0 radical (unpaired) electrons. The Hall–Kier alpha value is -2.09. The third-order valence-corrected chi connectivity index (χ3v) is 5.18. The summed E-state index contributed by atoms with van der Waals surface area (Å²) in [5.74, 6) is 1.31. The molecule has 2 aromatic rings. The Kier molecular flexibility index (Phi) is 5.27. The van der Waals surface area contributed by atoms with Crippen LogP contribution in [0.15, 0.2) is 18.2 Å². The van der Waals surface area contributed by atoms with Gasteiger partial charge < -0.3 is 24.6 Å². The highest BCUT2D eigenvalue weighted by molar-refractivity contribution is 7.16. The monoisotopic (exact) mass is 363 g/mol. The van der Waals surface area contributed by atoms with Gasteiger partial charge in [-0.3, -0.25) is 4.79 Å². The van der Waals surface area contributed by atoms with Crippen LogP contribution >= 0.6 is 11.3 Å². The number of hydrogen-bond donors (Lipinski definition) is 2. The highest BCUT2D eigenvalue weighted by Crippen LogP contribution is 2.40. The summed E-state index contributed by atoms with van der Waals surface area (Å²) in [4.78, 5) is 12.5. The van der Waals surface area contributed by atoms with Gasteiger partial charge in [0.15, 0.2) is 17.8 Å². The number of carbonyl (C=O) groups excluding carboxylic acids is 1. The quantitative estimate of drug-likeness (QED) is 0.770. The van der Waals surface area contributed by atoms with E-state index in [4.69, 9.17) is 14.2 Å². The molecule has 0 saturated carbocycles. The molecule has 3 rings (SSSR count). The summed E-state index contributed by atoms with van der Waals surface area (Å²) < 4.78 is 16.1. The van der Waals surface area contributed by atoms with Crippen LogP contribution in [0.4, 0.5) is 5.00 Å². The molecular weight excluding hydrogens is 342 g/mol. The van der Waals surface area contributed by atoms with E-state index in [1.807, 2.05) is 32.0 Å². The maximum Gasteiger partial charge on any atom is 0.231 e. The minimum atomic E-state index is -1.06. The fourth-order valence-corrected chi connectivity index (χ4v) is 4.08. The van der Waals surface area contributed by atoms with Crippen LogP contribution < -0.4 is 14.8 Å². The molecular formula is C18H21NO5S. The Bertz CT molecular complexity index is 786. The number of fused-ring (bicyclic) bond motifs is 1. The number of thiophene rings is 1. The summed E-state index contributed by atoms with van der Waals surface area (Å²) in [6.45, 7) is 5.82. The van der Waals surface area contributed by atoms with Crippen molar-refractivity contribution in [3.63, 3.8) is 0 Å². The van der Waals surface area contributed by atoms with Crippen LogP contribution in [0.3, 0.4) is 0 Å². The van der Waals surface area contributed by atoms with Gasteiger partial charge in [-0.15, -0.1) is 11.3 Å². The van der Waals surface area contributed by atoms with Crippen LogP contribution in [-0.2, 0) is 16.0 Å². The minimum Gasteiger partial charge on any atom is -0.454 e. The molecule has 1 aliphatic rings. The zero-order valence-corrected chi connectivity index (χ0v) is 15.2. The van der Waals surface area contributed by atoms with E-state index in [-0.39, 0.29) is 12.7 Å². The van der Waals surface area contributed by atoms with Crippen LogP contribution in [0.1, 0.15) is 41.7 Å². The lowest BCUT2D eigenvalue weighted by atomic mass is 10.1. The molecule has 0 bridgehead atoms. The van der Waals surface area contributed by atoms with Gasteiger partial charge in [-0.1, -0.05) is 6.07 Å². The number of aliphatic hydroxyl groups is 1. The highest BCUT2D eigenvalue weighted by Gasteiger charge is 2.23. The zero-order chi connectivity index (χ0) is 18.0. The molecule has 25 heavy (non-hydrogen) atoms. The topological polar surface area (TPSA) is 77.0 Å². The van der Waals surface area contributed by atoms with E-state index >= 15 is 0 Å². The standard InChI is InChI=1S/C18H21NO5S/c1-4-22-18(21)16-10(2)15(25-17(16)19-11(3)20)8-12-5-6-13-14(7-12)24-9-23-13/h5-7,18,21H,4,8-9H2,1-3H3,(H,19,20). The van der Waals surface area contributed by atoms with Crippen molar-refractivity contribution in [3.8, 4) is 11.5 Å². The third kappa shape index (κ3) is 3.78. The molecule has 1 amide bonds. The first-order valence-corrected chi connectivity index (χ1v) is 8.89. The number of benzene rings is 1. The first-order valence-electron chi connectivity index (χ1n) is 8.07. The number of ether oxygens (including phenoxy) is 3. The van der Waals surface area contributed by atoms with Crippen molar-refractivity contribution >= 4 is 22.2 Å². The van der Waals surface area contributed by atoms with E-state index in [1.165, 1.54) is 18.3 Å². The second-order valence-electron chi connectivity index (χ2n) is 5.75. The van der Waals surface area contributed by atoms with Gasteiger partial charge in [0.05, 0.1) is 0 Å². The molecule has 6 nitrogen and oxygen atoms in total. The third-order valence-electron chi connectivity index (χ3n) is 3.95. The fourth-order valence-electron chi connectivity index (χ4n) is 2.77. The number of aliphatic hydroxyl groups excluding tert-OH is 1. The molecule has 0 saturated heterocycles. The second kappa shape index (κ2) is 7.43. The SMILES string of the molecule is CCOC(O)c1c(NC(C)=O)sc(Cc2ccc3c(c2)OCO3)c1C. The van der Waals surface area contributed by atoms with Gasteiger partial charge in [0.1, 0.15) is 5.00 Å². The van der Waals surface area contributed by atoms with Crippen LogP contribution in [-0.4, -0.2) is 24.4 Å². The van der Waals surface area contributed by atoms with Gasteiger partial charge in [-0.05, 0) is 37.1 Å². The molecule has 0 spiro atoms. The number of hydrogen-bond acceptors (Lipinski definition) is 6. The first kappa shape index (κ1) is 17.7. The van der Waals surface area contributed by atoms with E-state index in [2.05, 4.69) is 5.32 Å². The van der Waals surface area contributed by atoms with E-state index in [1.54, 1.807) is 0 Å². The molecule has 2 N–H and O–H groups in total. The lowest BCUT2D eigenvalue weighted by Crippen LogP contribution is -2.10. The predicted molar refractivity (Wildman–Crippen MR) is 95.3 cm³/mol. The van der Waals surface area contributed by atoms with E-state index < -0.39 is 6.29 Å². The normalized spacial score (nSPS) is 13.8. The van der Waals surface area contributed by atoms with E-state index in [9.17, 15) is 9.90 Å². The maximum absolute atomic E-state index is 11.5. The van der Waals surface area contributed by atoms with Crippen LogP contribution in [0.2, 0.25) is 0 Å². The summed E-state index contributed by atoms with van der Waals surface area (Å²) in [6.07, 6.45) is -0.396. The fraction of sp³-hybridized carbons (Fsp3) is 0.389. The van der Waals surface area contributed by atoms with Gasteiger partial charge in [0.25, 0.3) is 0 Å². The first-order chi connectivity index (χ1) is 12.0. The second-order valence-corrected chi connectivity index (χ2v) is 6.85. The molecule has 1 aliphatic heterocycles. The Morgan fingerprint density at radius 3 is 2.88 bits per heavy atom. The van der Waals surface area contributed by atoms with Crippen molar-refractivity contribution in [2.45, 2.75) is 33.5 Å². The molecule has 0 aliphatic carbocycles. The lowest BCUT2D eigenvalue weighted by Gasteiger charge is -2.13. The van der Waals surface area contributed by atoms with E-state index in [0.29, 0.717) is 23.6 Å². The molecule has 1 unspecified atom stereocenters. The van der Waals surface area contributed by atoms with Gasteiger partial charge in [-0.25, -0.2) is 0 Å². The van der Waals surface area contributed by atoms with Crippen LogP contribution in [0.5, 0.6) is 11.5 Å². The van der Waals surface area contributed by atoms with Crippen molar-refractivity contribution in [2.24, 2.45) is 0 Å². The summed E-state index contributed by atoms with van der Waals surface area (Å²) in [6, 6.07) is 5.84. The number of nitrogens with one attached hydrogen (secondary N) is 1. The molecule has 1 aromatic carbocycles. The number of anilines is 1. The highest BCUT2D eigenvalue weighted by atomic mass is 32.1. The number of rotatable bonds is 6. The average molecular weight is 363 g/mol. The molecule has 1 atom stereocenters. The van der Waals surface area contributed by atoms with E-state index in [0.717, 1.165) is 27.5 Å². The largest absolute Gasteiger partial charge is 0.454 e. The summed E-state index contributed by atoms with van der Waals surface area (Å²) in [5, 5.41) is 13.7. The van der Waals surface area contributed by atoms with Crippen molar-refractivity contribution in [1.82, 2.24) is 0 Å². The Morgan fingerprint density at radius 2 is 2.16 bits per heavy atom. The maximum atomic E-state index is 11.5. The zero-order valence-electron chi connectivity index (χ0n) is 14.4. The van der Waals surface area contributed by atoms with Gasteiger partial charge in [-0.2, -0.15) is 0 Å². The van der Waals surface area contributed by atoms with Gasteiger partial charge in [0, 0.05) is 30.4 Å². The van der Waals surface area contributed by atoms with Crippen molar-refractivity contribution in [3.05, 3.63) is 39.8 Å². The van der Waals surface area contributed by atoms with Crippen LogP contribution in [0, 0.1) is 6.92 Å². The lowest BCUT2D eigenvalue weighted by molar-refractivity contribution is -0.114.